The molecule has 0 bridgehead atoms. The van der Waals surface area contributed by atoms with Gasteiger partial charge in [0, 0.05) is 12.6 Å². The van der Waals surface area contributed by atoms with E-state index in [2.05, 4.69) is 10.3 Å². The van der Waals surface area contributed by atoms with Crippen LogP contribution in [0.5, 0.6) is 11.6 Å². The highest BCUT2D eigenvalue weighted by Crippen LogP contribution is 2.29. The van der Waals surface area contributed by atoms with Crippen LogP contribution in [0.1, 0.15) is 12.5 Å². The van der Waals surface area contributed by atoms with Crippen LogP contribution in [-0.4, -0.2) is 11.5 Å². The second kappa shape index (κ2) is 5.74. The Morgan fingerprint density at radius 3 is 2.83 bits per heavy atom. The lowest BCUT2D eigenvalue weighted by Gasteiger charge is -2.09. The average Bonchev–Trinajstić information content (AvgIpc) is 2.34. The van der Waals surface area contributed by atoms with Crippen molar-refractivity contribution in [2.24, 2.45) is 0 Å². The topological polar surface area (TPSA) is 34.1 Å². The summed E-state index contributed by atoms with van der Waals surface area (Å²) in [5, 5.41) is 3.72. The zero-order valence-electron chi connectivity index (χ0n) is 10.4. The van der Waals surface area contributed by atoms with Crippen LogP contribution in [0.2, 0.25) is 5.02 Å². The Morgan fingerprint density at radius 2 is 2.11 bits per heavy atom. The van der Waals surface area contributed by atoms with Crippen LogP contribution in [0.3, 0.4) is 0 Å². The molecule has 0 saturated carbocycles. The van der Waals surface area contributed by atoms with Crippen molar-refractivity contribution < 1.29 is 4.74 Å². The van der Waals surface area contributed by atoms with E-state index in [1.807, 2.05) is 44.2 Å². The second-order valence-electron chi connectivity index (χ2n) is 3.93. The summed E-state index contributed by atoms with van der Waals surface area (Å²) >= 11 is 6.11. The molecule has 94 valence electrons. The summed E-state index contributed by atoms with van der Waals surface area (Å²) in [6, 6.07) is 11.3. The number of anilines is 1. The molecule has 0 atom stereocenters. The molecule has 1 N–H and O–H groups in total. The van der Waals surface area contributed by atoms with Gasteiger partial charge in [0.25, 0.3) is 0 Å². The zero-order valence-corrected chi connectivity index (χ0v) is 11.2. The van der Waals surface area contributed by atoms with Gasteiger partial charge < -0.3 is 10.1 Å². The molecule has 0 unspecified atom stereocenters. The molecule has 0 saturated heterocycles. The number of hydrogen-bond donors (Lipinski definition) is 1. The summed E-state index contributed by atoms with van der Waals surface area (Å²) in [7, 11) is 0. The van der Waals surface area contributed by atoms with Crippen LogP contribution in [0.25, 0.3) is 0 Å². The summed E-state index contributed by atoms with van der Waals surface area (Å²) in [5.74, 6) is 1.93. The van der Waals surface area contributed by atoms with Gasteiger partial charge in [0.1, 0.15) is 11.6 Å². The van der Waals surface area contributed by atoms with E-state index in [-0.39, 0.29) is 0 Å². The number of nitrogens with one attached hydrogen (secondary N) is 1. The minimum atomic E-state index is 0.527. The van der Waals surface area contributed by atoms with Gasteiger partial charge in [-0.3, -0.25) is 0 Å². The highest BCUT2D eigenvalue weighted by atomic mass is 35.5. The Balaban J connectivity index is 2.20. The maximum atomic E-state index is 6.11. The molecule has 1 aromatic heterocycles. The Labute approximate surface area is 112 Å². The van der Waals surface area contributed by atoms with E-state index in [9.17, 15) is 0 Å². The van der Waals surface area contributed by atoms with Crippen LogP contribution in [0, 0.1) is 6.92 Å². The molecule has 0 spiro atoms. The molecule has 0 aliphatic rings. The number of hydrogen-bond acceptors (Lipinski definition) is 3. The highest BCUT2D eigenvalue weighted by molar-refractivity contribution is 6.32. The van der Waals surface area contributed by atoms with E-state index in [0.717, 1.165) is 17.9 Å². The molecule has 0 amide bonds. The van der Waals surface area contributed by atoms with Crippen molar-refractivity contribution in [3.63, 3.8) is 0 Å². The summed E-state index contributed by atoms with van der Waals surface area (Å²) in [6.45, 7) is 4.83. The molecule has 1 aromatic carbocycles. The first-order valence-corrected chi connectivity index (χ1v) is 6.22. The van der Waals surface area contributed by atoms with Crippen molar-refractivity contribution in [2.45, 2.75) is 13.8 Å². The molecule has 3 nitrogen and oxygen atoms in total. The smallest absolute Gasteiger partial charge is 0.221 e. The minimum absolute atomic E-state index is 0.527. The number of aromatic nitrogens is 1. The monoisotopic (exact) mass is 262 g/mol. The number of nitrogens with zero attached hydrogens (tertiary/aromatic N) is 1. The van der Waals surface area contributed by atoms with E-state index in [4.69, 9.17) is 16.3 Å². The molecular formula is C14H15ClN2O. The third-order valence-electron chi connectivity index (χ3n) is 2.38. The van der Waals surface area contributed by atoms with Gasteiger partial charge in [0.05, 0.1) is 5.02 Å². The normalized spacial score (nSPS) is 10.2. The van der Waals surface area contributed by atoms with E-state index < -0.39 is 0 Å². The molecule has 0 fully saturated rings. The fourth-order valence-corrected chi connectivity index (χ4v) is 1.83. The lowest BCUT2D eigenvalue weighted by Crippen LogP contribution is -1.99. The van der Waals surface area contributed by atoms with Gasteiger partial charge in [0.2, 0.25) is 5.88 Å². The van der Waals surface area contributed by atoms with E-state index in [1.165, 1.54) is 0 Å². The number of halogens is 1. The number of ether oxygens (including phenoxy) is 1. The summed E-state index contributed by atoms with van der Waals surface area (Å²) in [5.41, 5.74) is 1.10. The maximum absolute atomic E-state index is 6.11. The van der Waals surface area contributed by atoms with Gasteiger partial charge in [-0.05, 0) is 37.6 Å². The number of rotatable bonds is 4. The molecule has 4 heteroatoms. The average molecular weight is 263 g/mol. The van der Waals surface area contributed by atoms with Gasteiger partial charge in [0.15, 0.2) is 0 Å². The molecule has 2 aromatic rings. The molecular weight excluding hydrogens is 248 g/mol. The number of benzene rings is 1. The summed E-state index contributed by atoms with van der Waals surface area (Å²) in [4.78, 5) is 4.33. The Bertz CT molecular complexity index is 543. The van der Waals surface area contributed by atoms with Crippen LogP contribution in [-0.2, 0) is 0 Å². The standard InChI is InChI=1S/C14H15ClN2O/c1-3-16-13-5-4-6-14(17-13)18-12-8-7-10(2)9-11(12)15/h4-9H,3H2,1-2H3,(H,16,17). The van der Waals surface area contributed by atoms with Gasteiger partial charge in [-0.1, -0.05) is 23.7 Å². The van der Waals surface area contributed by atoms with Crippen LogP contribution < -0.4 is 10.1 Å². The fourth-order valence-electron chi connectivity index (χ4n) is 1.55. The van der Waals surface area contributed by atoms with Gasteiger partial charge in [-0.2, -0.15) is 4.98 Å². The quantitative estimate of drug-likeness (QED) is 0.894. The second-order valence-corrected chi connectivity index (χ2v) is 4.33. The van der Waals surface area contributed by atoms with Gasteiger partial charge in [-0.15, -0.1) is 0 Å². The predicted octanol–water partition coefficient (Wildman–Crippen LogP) is 4.27. The minimum Gasteiger partial charge on any atom is -0.437 e. The van der Waals surface area contributed by atoms with Crippen LogP contribution in [0.15, 0.2) is 36.4 Å². The maximum Gasteiger partial charge on any atom is 0.221 e. The largest absolute Gasteiger partial charge is 0.437 e. The predicted molar refractivity (Wildman–Crippen MR) is 74.7 cm³/mol. The van der Waals surface area contributed by atoms with E-state index >= 15 is 0 Å². The van der Waals surface area contributed by atoms with Crippen LogP contribution in [0.4, 0.5) is 5.82 Å². The van der Waals surface area contributed by atoms with Crippen LogP contribution >= 0.6 is 11.6 Å². The Hall–Kier alpha value is -1.74. The Kier molecular flexibility index (Phi) is 4.05. The zero-order chi connectivity index (χ0) is 13.0. The summed E-state index contributed by atoms with van der Waals surface area (Å²) in [6.07, 6.45) is 0. The third-order valence-corrected chi connectivity index (χ3v) is 2.68. The first-order chi connectivity index (χ1) is 8.69. The van der Waals surface area contributed by atoms with Crippen molar-refractivity contribution in [1.29, 1.82) is 0 Å². The van der Waals surface area contributed by atoms with E-state index in [0.29, 0.717) is 16.7 Å². The number of pyridine rings is 1. The highest BCUT2D eigenvalue weighted by Gasteiger charge is 2.04. The number of aryl methyl sites for hydroxylation is 1. The molecule has 0 aliphatic heterocycles. The molecule has 18 heavy (non-hydrogen) atoms. The third kappa shape index (κ3) is 3.14. The fraction of sp³-hybridized carbons (Fsp3) is 0.214. The van der Waals surface area contributed by atoms with E-state index in [1.54, 1.807) is 6.07 Å². The van der Waals surface area contributed by atoms with Crippen molar-refractivity contribution in [1.82, 2.24) is 4.98 Å². The lowest BCUT2D eigenvalue weighted by atomic mass is 10.2. The van der Waals surface area contributed by atoms with Gasteiger partial charge in [-0.25, -0.2) is 0 Å². The van der Waals surface area contributed by atoms with Crippen molar-refractivity contribution >= 4 is 17.4 Å². The molecule has 1 heterocycles. The first-order valence-electron chi connectivity index (χ1n) is 5.84. The molecule has 2 rings (SSSR count). The lowest BCUT2D eigenvalue weighted by molar-refractivity contribution is 0.464. The van der Waals surface area contributed by atoms with Gasteiger partial charge >= 0.3 is 0 Å². The summed E-state index contributed by atoms with van der Waals surface area (Å²) < 4.78 is 5.67. The molecule has 0 radical (unpaired) electrons. The SMILES string of the molecule is CCNc1cccc(Oc2ccc(C)cc2Cl)n1. The van der Waals surface area contributed by atoms with Crippen molar-refractivity contribution in [3.05, 3.63) is 47.0 Å². The molecule has 0 aliphatic carbocycles. The van der Waals surface area contributed by atoms with Crippen molar-refractivity contribution in [3.8, 4) is 11.6 Å². The first kappa shape index (κ1) is 12.7. The Morgan fingerprint density at radius 1 is 1.28 bits per heavy atom. The van der Waals surface area contributed by atoms with Crippen molar-refractivity contribution in [2.75, 3.05) is 11.9 Å².